The first-order valence-corrected chi connectivity index (χ1v) is 9.53. The number of hydrogen-bond donors (Lipinski definition) is 3. The summed E-state index contributed by atoms with van der Waals surface area (Å²) in [5.41, 5.74) is 0.891. The summed E-state index contributed by atoms with van der Waals surface area (Å²) in [6.45, 7) is 0. The van der Waals surface area contributed by atoms with Gasteiger partial charge in [-0.25, -0.2) is 4.79 Å². The second-order valence-corrected chi connectivity index (χ2v) is 7.21. The molecule has 0 heterocycles. The Hall–Kier alpha value is -2.84. The molecule has 0 aliphatic heterocycles. The summed E-state index contributed by atoms with van der Waals surface area (Å²) < 4.78 is 40.9. The minimum absolute atomic E-state index is 0.255. The molecule has 0 unspecified atom stereocenters. The zero-order valence-electron chi connectivity index (χ0n) is 14.8. The predicted octanol–water partition coefficient (Wildman–Crippen LogP) is 7.12. The van der Waals surface area contributed by atoms with Gasteiger partial charge in [0.05, 0.1) is 5.56 Å². The summed E-state index contributed by atoms with van der Waals surface area (Å²) in [5.74, 6) is 0. The summed E-state index contributed by atoms with van der Waals surface area (Å²) in [4.78, 5) is 13.0. The van der Waals surface area contributed by atoms with Crippen molar-refractivity contribution in [3.8, 4) is 0 Å². The molecule has 150 valence electrons. The molecule has 3 rings (SSSR count). The molecule has 0 aliphatic carbocycles. The van der Waals surface area contributed by atoms with Gasteiger partial charge in [-0.3, -0.25) is 0 Å². The van der Waals surface area contributed by atoms with Crippen molar-refractivity contribution in [2.45, 2.75) is 11.1 Å². The molecule has 3 aromatic rings. The van der Waals surface area contributed by atoms with Gasteiger partial charge in [0.1, 0.15) is 0 Å². The largest absolute Gasteiger partial charge is 0.416 e. The number of anilines is 3. The number of rotatable bonds is 5. The van der Waals surface area contributed by atoms with Gasteiger partial charge in [0, 0.05) is 27.0 Å². The van der Waals surface area contributed by atoms with Crippen LogP contribution in [0.1, 0.15) is 5.56 Å². The maximum Gasteiger partial charge on any atom is 0.416 e. The van der Waals surface area contributed by atoms with Crippen LogP contribution in [0.25, 0.3) is 0 Å². The molecular formula is C20H15ClF3N3OS. The first kappa shape index (κ1) is 20.9. The van der Waals surface area contributed by atoms with Gasteiger partial charge in [0.2, 0.25) is 0 Å². The first-order chi connectivity index (χ1) is 13.8. The molecule has 0 aromatic heterocycles. The lowest BCUT2D eigenvalue weighted by Crippen LogP contribution is -2.19. The monoisotopic (exact) mass is 437 g/mol. The number of amides is 2. The molecule has 0 aliphatic rings. The average molecular weight is 438 g/mol. The van der Waals surface area contributed by atoms with Gasteiger partial charge in [-0.1, -0.05) is 17.7 Å². The molecule has 29 heavy (non-hydrogen) atoms. The number of alkyl halides is 3. The van der Waals surface area contributed by atoms with Crippen LogP contribution in [0, 0.1) is 0 Å². The van der Waals surface area contributed by atoms with Crippen molar-refractivity contribution >= 4 is 46.6 Å². The van der Waals surface area contributed by atoms with Gasteiger partial charge in [-0.2, -0.15) is 13.2 Å². The van der Waals surface area contributed by atoms with Gasteiger partial charge in [-0.15, -0.1) is 0 Å². The highest BCUT2D eigenvalue weighted by Gasteiger charge is 2.29. The molecule has 0 atom stereocenters. The third kappa shape index (κ3) is 6.33. The number of benzene rings is 3. The quantitative estimate of drug-likeness (QED) is 0.372. The minimum Gasteiger partial charge on any atom is -0.326 e. The minimum atomic E-state index is -4.42. The van der Waals surface area contributed by atoms with E-state index in [1.165, 1.54) is 24.1 Å². The van der Waals surface area contributed by atoms with Crippen molar-refractivity contribution in [1.82, 2.24) is 0 Å². The molecule has 4 nitrogen and oxygen atoms in total. The van der Waals surface area contributed by atoms with E-state index in [-0.39, 0.29) is 5.69 Å². The fraction of sp³-hybridized carbons (Fsp3) is 0.0500. The van der Waals surface area contributed by atoms with Crippen molar-refractivity contribution in [2.75, 3.05) is 15.4 Å². The van der Waals surface area contributed by atoms with E-state index in [4.69, 9.17) is 11.6 Å². The van der Waals surface area contributed by atoms with E-state index >= 15 is 0 Å². The maximum absolute atomic E-state index is 12.6. The second kappa shape index (κ2) is 9.11. The lowest BCUT2D eigenvalue weighted by Gasteiger charge is -2.11. The summed E-state index contributed by atoms with van der Waals surface area (Å²) >= 11 is 7.21. The highest BCUT2D eigenvalue weighted by molar-refractivity contribution is 8.00. The van der Waals surface area contributed by atoms with E-state index in [1.807, 2.05) is 18.2 Å². The number of carbonyl (C=O) groups is 1. The Kier molecular flexibility index (Phi) is 6.56. The molecule has 3 N–H and O–H groups in total. The third-order valence-corrected chi connectivity index (χ3v) is 4.77. The lowest BCUT2D eigenvalue weighted by atomic mass is 10.2. The van der Waals surface area contributed by atoms with Crippen LogP contribution in [-0.4, -0.2) is 6.03 Å². The molecule has 0 fully saturated rings. The maximum atomic E-state index is 12.6. The van der Waals surface area contributed by atoms with Crippen LogP contribution in [0.2, 0.25) is 5.02 Å². The number of halogens is 4. The first-order valence-electron chi connectivity index (χ1n) is 8.33. The number of carbonyl (C=O) groups excluding carboxylic acids is 1. The Morgan fingerprint density at radius 1 is 0.828 bits per heavy atom. The standard InChI is InChI=1S/C20H15ClF3N3OS/c21-14-6-10-16(11-7-14)27-29-18-3-1-2-17(12-18)26-19(28)25-15-8-4-13(5-9-15)20(22,23)24/h1-12,27H,(H2,25,26,28). The number of hydrogen-bond acceptors (Lipinski definition) is 3. The topological polar surface area (TPSA) is 53.2 Å². The van der Waals surface area contributed by atoms with Crippen molar-refractivity contribution in [1.29, 1.82) is 0 Å². The Bertz CT molecular complexity index is 980. The molecule has 0 saturated carbocycles. The molecule has 9 heteroatoms. The SMILES string of the molecule is O=C(Nc1ccc(C(F)(F)F)cc1)Nc1cccc(SNc2ccc(Cl)cc2)c1. The van der Waals surface area contributed by atoms with Crippen molar-refractivity contribution in [3.63, 3.8) is 0 Å². The van der Waals surface area contributed by atoms with Crippen LogP contribution in [0.4, 0.5) is 35.0 Å². The number of nitrogens with one attached hydrogen (secondary N) is 3. The normalized spacial score (nSPS) is 11.0. The molecular weight excluding hydrogens is 423 g/mol. The highest BCUT2D eigenvalue weighted by atomic mass is 35.5. The molecule has 2 amide bonds. The molecule has 0 bridgehead atoms. The second-order valence-electron chi connectivity index (χ2n) is 5.89. The Morgan fingerprint density at radius 2 is 1.45 bits per heavy atom. The van der Waals surface area contributed by atoms with Crippen LogP contribution >= 0.6 is 23.5 Å². The van der Waals surface area contributed by atoms with Crippen molar-refractivity contribution in [2.24, 2.45) is 0 Å². The Labute approximate surface area is 174 Å². The summed E-state index contributed by atoms with van der Waals surface area (Å²) in [5, 5.41) is 5.79. The lowest BCUT2D eigenvalue weighted by molar-refractivity contribution is -0.137. The van der Waals surface area contributed by atoms with E-state index in [0.717, 1.165) is 22.7 Å². The van der Waals surface area contributed by atoms with Gasteiger partial charge < -0.3 is 15.4 Å². The molecule has 3 aromatic carbocycles. The molecule has 0 spiro atoms. The van der Waals surface area contributed by atoms with Crippen molar-refractivity contribution < 1.29 is 18.0 Å². The van der Waals surface area contributed by atoms with E-state index < -0.39 is 17.8 Å². The van der Waals surface area contributed by atoms with Gasteiger partial charge in [-0.05, 0) is 78.7 Å². The zero-order valence-corrected chi connectivity index (χ0v) is 16.3. The summed E-state index contributed by atoms with van der Waals surface area (Å²) in [6.07, 6.45) is -4.42. The summed E-state index contributed by atoms with van der Waals surface area (Å²) in [6, 6.07) is 18.0. The van der Waals surface area contributed by atoms with Crippen LogP contribution in [0.15, 0.2) is 77.7 Å². The highest BCUT2D eigenvalue weighted by Crippen LogP contribution is 2.30. The fourth-order valence-electron chi connectivity index (χ4n) is 2.31. The van der Waals surface area contributed by atoms with E-state index in [0.29, 0.717) is 10.7 Å². The smallest absolute Gasteiger partial charge is 0.326 e. The van der Waals surface area contributed by atoms with Crippen molar-refractivity contribution in [3.05, 3.63) is 83.4 Å². The average Bonchev–Trinajstić information content (AvgIpc) is 2.67. The Balaban J connectivity index is 1.56. The van der Waals surface area contributed by atoms with Crippen LogP contribution in [-0.2, 0) is 6.18 Å². The van der Waals surface area contributed by atoms with E-state index in [9.17, 15) is 18.0 Å². The third-order valence-electron chi connectivity index (χ3n) is 3.69. The van der Waals surface area contributed by atoms with Crippen LogP contribution < -0.4 is 15.4 Å². The fourth-order valence-corrected chi connectivity index (χ4v) is 3.14. The summed E-state index contributed by atoms with van der Waals surface area (Å²) in [7, 11) is 0. The van der Waals surface area contributed by atoms with Crippen LogP contribution in [0.3, 0.4) is 0 Å². The Morgan fingerprint density at radius 3 is 2.10 bits per heavy atom. The van der Waals surface area contributed by atoms with Gasteiger partial charge >= 0.3 is 12.2 Å². The molecule has 0 radical (unpaired) electrons. The predicted molar refractivity (Wildman–Crippen MR) is 111 cm³/mol. The van der Waals surface area contributed by atoms with Gasteiger partial charge in [0.15, 0.2) is 0 Å². The zero-order chi connectivity index (χ0) is 20.9. The van der Waals surface area contributed by atoms with E-state index in [2.05, 4.69) is 15.4 Å². The van der Waals surface area contributed by atoms with E-state index in [1.54, 1.807) is 30.3 Å². The number of urea groups is 1. The van der Waals surface area contributed by atoms with Crippen LogP contribution in [0.5, 0.6) is 0 Å². The molecule has 0 saturated heterocycles. The van der Waals surface area contributed by atoms with Gasteiger partial charge in [0.25, 0.3) is 0 Å².